The molecule has 0 spiro atoms. The largest absolute Gasteiger partial charge is 0.325 e. The van der Waals surface area contributed by atoms with E-state index >= 15 is 0 Å². The van der Waals surface area contributed by atoms with Crippen LogP contribution in [0.5, 0.6) is 0 Å². The van der Waals surface area contributed by atoms with E-state index in [0.717, 1.165) is 27.1 Å². The SMILES string of the molecule is N=C1NC(=N)c2cc3cc(SC4CCCC4)ccc3cc21. The van der Waals surface area contributed by atoms with Crippen LogP contribution in [0.4, 0.5) is 0 Å². The first-order chi connectivity index (χ1) is 10.2. The van der Waals surface area contributed by atoms with Gasteiger partial charge in [0.25, 0.3) is 0 Å². The lowest BCUT2D eigenvalue weighted by molar-refractivity contribution is 0.886. The van der Waals surface area contributed by atoms with Gasteiger partial charge in [-0.15, -0.1) is 11.8 Å². The van der Waals surface area contributed by atoms with Crippen molar-refractivity contribution in [1.29, 1.82) is 10.8 Å². The summed E-state index contributed by atoms with van der Waals surface area (Å²) in [6.07, 6.45) is 5.39. The molecule has 2 aromatic carbocycles. The summed E-state index contributed by atoms with van der Waals surface area (Å²) in [7, 11) is 0. The molecule has 3 N–H and O–H groups in total. The molecule has 0 atom stereocenters. The van der Waals surface area contributed by atoms with Crippen LogP contribution in [-0.2, 0) is 0 Å². The standard InChI is InChI=1S/C17H17N3S/c18-16-14-8-10-5-6-13(21-12-3-1-2-4-12)7-11(10)9-15(14)17(19)20-16/h5-9,12H,1-4H2,(H3,18,19,20). The lowest BCUT2D eigenvalue weighted by Crippen LogP contribution is -2.19. The maximum absolute atomic E-state index is 7.91. The highest BCUT2D eigenvalue weighted by molar-refractivity contribution is 8.00. The predicted octanol–water partition coefficient (Wildman–Crippen LogP) is 4.13. The zero-order valence-corrected chi connectivity index (χ0v) is 12.5. The lowest BCUT2D eigenvalue weighted by atomic mass is 10.0. The Kier molecular flexibility index (Phi) is 3.00. The predicted molar refractivity (Wildman–Crippen MR) is 88.9 cm³/mol. The summed E-state index contributed by atoms with van der Waals surface area (Å²) in [5.74, 6) is 0.673. The van der Waals surface area contributed by atoms with Crippen LogP contribution < -0.4 is 5.32 Å². The molecule has 1 saturated carbocycles. The number of amidine groups is 2. The molecule has 0 aromatic heterocycles. The average molecular weight is 295 g/mol. The lowest BCUT2D eigenvalue weighted by Gasteiger charge is -2.10. The number of nitrogens with one attached hydrogen (secondary N) is 3. The van der Waals surface area contributed by atoms with Crippen LogP contribution in [0.2, 0.25) is 0 Å². The smallest absolute Gasteiger partial charge is 0.131 e. The summed E-state index contributed by atoms with van der Waals surface area (Å²) in [5.41, 5.74) is 1.68. The van der Waals surface area contributed by atoms with Crippen molar-refractivity contribution < 1.29 is 0 Å². The minimum Gasteiger partial charge on any atom is -0.325 e. The molecular formula is C17H17N3S. The monoisotopic (exact) mass is 295 g/mol. The molecule has 1 fully saturated rings. The van der Waals surface area contributed by atoms with E-state index in [9.17, 15) is 0 Å². The molecule has 0 saturated heterocycles. The van der Waals surface area contributed by atoms with Gasteiger partial charge in [0.15, 0.2) is 0 Å². The molecule has 1 heterocycles. The number of hydrogen-bond acceptors (Lipinski definition) is 3. The fraction of sp³-hybridized carbons (Fsp3) is 0.294. The first-order valence-electron chi connectivity index (χ1n) is 7.40. The van der Waals surface area contributed by atoms with Gasteiger partial charge in [-0.05, 0) is 47.9 Å². The van der Waals surface area contributed by atoms with Crippen molar-refractivity contribution in [3.63, 3.8) is 0 Å². The van der Waals surface area contributed by atoms with Crippen molar-refractivity contribution in [3.8, 4) is 0 Å². The first-order valence-corrected chi connectivity index (χ1v) is 8.28. The summed E-state index contributed by atoms with van der Waals surface area (Å²) in [6, 6.07) is 10.6. The third kappa shape index (κ3) is 2.23. The highest BCUT2D eigenvalue weighted by Crippen LogP contribution is 2.36. The first kappa shape index (κ1) is 12.9. The summed E-state index contributed by atoms with van der Waals surface area (Å²) in [5, 5.41) is 21.7. The molecule has 1 aliphatic heterocycles. The van der Waals surface area contributed by atoms with Gasteiger partial charge in [0, 0.05) is 21.3 Å². The van der Waals surface area contributed by atoms with E-state index in [1.54, 1.807) is 0 Å². The molecule has 0 amide bonds. The van der Waals surface area contributed by atoms with Gasteiger partial charge in [-0.2, -0.15) is 0 Å². The number of benzene rings is 2. The molecule has 2 aliphatic rings. The van der Waals surface area contributed by atoms with Crippen molar-refractivity contribution in [2.24, 2.45) is 0 Å². The van der Waals surface area contributed by atoms with E-state index in [1.807, 2.05) is 23.9 Å². The van der Waals surface area contributed by atoms with Gasteiger partial charge in [0.1, 0.15) is 11.7 Å². The third-order valence-electron chi connectivity index (χ3n) is 4.34. The van der Waals surface area contributed by atoms with Gasteiger partial charge < -0.3 is 5.32 Å². The van der Waals surface area contributed by atoms with Gasteiger partial charge in [0.05, 0.1) is 0 Å². The van der Waals surface area contributed by atoms with Gasteiger partial charge >= 0.3 is 0 Å². The highest BCUT2D eigenvalue weighted by Gasteiger charge is 2.22. The third-order valence-corrected chi connectivity index (χ3v) is 5.67. The van der Waals surface area contributed by atoms with Crippen LogP contribution in [0.3, 0.4) is 0 Å². The maximum Gasteiger partial charge on any atom is 0.131 e. The number of rotatable bonds is 2. The molecule has 1 aliphatic carbocycles. The van der Waals surface area contributed by atoms with Gasteiger partial charge in [-0.25, -0.2) is 0 Å². The quantitative estimate of drug-likeness (QED) is 0.780. The number of hydrogen-bond donors (Lipinski definition) is 3. The molecule has 3 nitrogen and oxygen atoms in total. The second-order valence-electron chi connectivity index (χ2n) is 5.81. The molecule has 106 valence electrons. The molecule has 0 bridgehead atoms. The van der Waals surface area contributed by atoms with Crippen LogP contribution in [0.15, 0.2) is 35.2 Å². The zero-order chi connectivity index (χ0) is 14.4. The Morgan fingerprint density at radius 3 is 2.29 bits per heavy atom. The van der Waals surface area contributed by atoms with Crippen LogP contribution in [0.25, 0.3) is 10.8 Å². The van der Waals surface area contributed by atoms with Gasteiger partial charge in [-0.3, -0.25) is 10.8 Å². The Labute approximate surface area is 128 Å². The molecular weight excluding hydrogens is 278 g/mol. The van der Waals surface area contributed by atoms with Crippen molar-refractivity contribution >= 4 is 34.2 Å². The molecule has 2 aromatic rings. The minimum atomic E-state index is 0.335. The fourth-order valence-electron chi connectivity index (χ4n) is 3.22. The second-order valence-corrected chi connectivity index (χ2v) is 7.18. The average Bonchev–Trinajstić information content (AvgIpc) is 3.07. The Morgan fingerprint density at radius 1 is 0.905 bits per heavy atom. The molecule has 4 rings (SSSR count). The fourth-order valence-corrected chi connectivity index (χ4v) is 4.52. The molecule has 21 heavy (non-hydrogen) atoms. The maximum atomic E-state index is 7.91. The summed E-state index contributed by atoms with van der Waals surface area (Å²) >= 11 is 1.99. The van der Waals surface area contributed by atoms with Gasteiger partial charge in [0.2, 0.25) is 0 Å². The molecule has 0 unspecified atom stereocenters. The van der Waals surface area contributed by atoms with E-state index in [1.165, 1.54) is 30.6 Å². The Bertz CT molecular complexity index is 760. The Morgan fingerprint density at radius 2 is 1.57 bits per heavy atom. The van der Waals surface area contributed by atoms with E-state index < -0.39 is 0 Å². The Balaban J connectivity index is 1.74. The van der Waals surface area contributed by atoms with E-state index in [0.29, 0.717) is 11.7 Å². The van der Waals surface area contributed by atoms with Crippen LogP contribution in [0, 0.1) is 10.8 Å². The van der Waals surface area contributed by atoms with E-state index in [2.05, 4.69) is 23.5 Å². The molecule has 0 radical (unpaired) electrons. The summed E-state index contributed by atoms with van der Waals surface area (Å²) < 4.78 is 0. The minimum absolute atomic E-state index is 0.335. The second kappa shape index (κ2) is 4.88. The number of fused-ring (bicyclic) bond motifs is 2. The van der Waals surface area contributed by atoms with Crippen LogP contribution in [-0.4, -0.2) is 16.9 Å². The molecule has 4 heteroatoms. The summed E-state index contributed by atoms with van der Waals surface area (Å²) in [6.45, 7) is 0. The van der Waals surface area contributed by atoms with Crippen LogP contribution in [0.1, 0.15) is 36.8 Å². The van der Waals surface area contributed by atoms with Crippen molar-refractivity contribution in [2.75, 3.05) is 0 Å². The number of thioether (sulfide) groups is 1. The van der Waals surface area contributed by atoms with Crippen molar-refractivity contribution in [2.45, 2.75) is 35.8 Å². The summed E-state index contributed by atoms with van der Waals surface area (Å²) in [4.78, 5) is 1.32. The van der Waals surface area contributed by atoms with Crippen molar-refractivity contribution in [3.05, 3.63) is 41.5 Å². The van der Waals surface area contributed by atoms with E-state index in [-0.39, 0.29) is 0 Å². The highest BCUT2D eigenvalue weighted by atomic mass is 32.2. The van der Waals surface area contributed by atoms with E-state index in [4.69, 9.17) is 10.8 Å². The van der Waals surface area contributed by atoms with Crippen LogP contribution >= 0.6 is 11.8 Å². The van der Waals surface area contributed by atoms with Crippen molar-refractivity contribution in [1.82, 2.24) is 5.32 Å². The Hall–Kier alpha value is -1.81. The zero-order valence-electron chi connectivity index (χ0n) is 11.7. The normalized spacial score (nSPS) is 18.3. The van der Waals surface area contributed by atoms with Gasteiger partial charge in [-0.1, -0.05) is 18.9 Å². The topological polar surface area (TPSA) is 59.7 Å².